The number of aromatic nitrogens is 1. The van der Waals surface area contributed by atoms with Crippen LogP contribution in [-0.2, 0) is 11.3 Å². The molecule has 0 saturated carbocycles. The van der Waals surface area contributed by atoms with Crippen molar-refractivity contribution in [2.75, 3.05) is 26.8 Å². The number of hydrogen-bond acceptors (Lipinski definition) is 2. The molecule has 1 N–H and O–H groups in total. The summed E-state index contributed by atoms with van der Waals surface area (Å²) in [6, 6.07) is 6.97. The largest absolute Gasteiger partial charge is 0.383 e. The highest BCUT2D eigenvalue weighted by molar-refractivity contribution is 5.80. The summed E-state index contributed by atoms with van der Waals surface area (Å²) in [5.74, 6) is -0.173. The Bertz CT molecular complexity index is 510. The second-order valence-corrected chi connectivity index (χ2v) is 4.66. The molecule has 0 aliphatic rings. The minimum atomic E-state index is -0.173. The number of nitrogens with zero attached hydrogens (tertiary/aromatic N) is 1. The van der Waals surface area contributed by atoms with Crippen LogP contribution >= 0.6 is 0 Å². The molecule has 0 fully saturated rings. The zero-order chi connectivity index (χ0) is 13.5. The van der Waals surface area contributed by atoms with E-state index in [9.17, 15) is 4.39 Å². The summed E-state index contributed by atoms with van der Waals surface area (Å²) >= 11 is 0. The Morgan fingerprint density at radius 3 is 2.95 bits per heavy atom. The third-order valence-corrected chi connectivity index (χ3v) is 3.22. The number of rotatable bonds is 8. The van der Waals surface area contributed by atoms with E-state index in [1.165, 1.54) is 6.07 Å². The summed E-state index contributed by atoms with van der Waals surface area (Å²) in [4.78, 5) is 0. The fraction of sp³-hybridized carbons (Fsp3) is 0.467. The Morgan fingerprint density at radius 1 is 1.21 bits per heavy atom. The van der Waals surface area contributed by atoms with Crippen molar-refractivity contribution in [2.45, 2.75) is 19.4 Å². The number of aryl methyl sites for hydroxylation is 1. The first kappa shape index (κ1) is 14.0. The number of fused-ring (bicyclic) bond motifs is 1. The van der Waals surface area contributed by atoms with E-state index >= 15 is 0 Å². The predicted molar refractivity (Wildman–Crippen MR) is 75.9 cm³/mol. The molecule has 1 aromatic heterocycles. The first-order valence-corrected chi connectivity index (χ1v) is 6.75. The molecule has 0 atom stereocenters. The van der Waals surface area contributed by atoms with E-state index in [1.807, 2.05) is 18.3 Å². The summed E-state index contributed by atoms with van der Waals surface area (Å²) in [6.45, 7) is 3.57. The van der Waals surface area contributed by atoms with Crippen LogP contribution in [0.15, 0.2) is 30.5 Å². The summed E-state index contributed by atoms with van der Waals surface area (Å²) in [6.07, 6.45) is 4.22. The number of hydrogen-bond donors (Lipinski definition) is 1. The third kappa shape index (κ3) is 4.04. The van der Waals surface area contributed by atoms with Crippen LogP contribution in [0.3, 0.4) is 0 Å². The monoisotopic (exact) mass is 264 g/mol. The van der Waals surface area contributed by atoms with Gasteiger partial charge in [0.05, 0.1) is 12.1 Å². The quantitative estimate of drug-likeness (QED) is 0.742. The maximum Gasteiger partial charge on any atom is 0.125 e. The van der Waals surface area contributed by atoms with Crippen molar-refractivity contribution in [1.82, 2.24) is 9.88 Å². The molecule has 0 bridgehead atoms. The number of nitrogens with one attached hydrogen (secondary N) is 1. The Kier molecular flexibility index (Phi) is 5.36. The second kappa shape index (κ2) is 7.26. The Morgan fingerprint density at radius 2 is 2.11 bits per heavy atom. The lowest BCUT2D eigenvalue weighted by molar-refractivity contribution is 0.199. The number of halogens is 1. The van der Waals surface area contributed by atoms with E-state index in [1.54, 1.807) is 13.2 Å². The highest BCUT2D eigenvalue weighted by Crippen LogP contribution is 2.17. The van der Waals surface area contributed by atoms with Gasteiger partial charge in [0.25, 0.3) is 0 Å². The van der Waals surface area contributed by atoms with Crippen molar-refractivity contribution in [3.63, 3.8) is 0 Å². The molecule has 0 amide bonds. The molecule has 0 unspecified atom stereocenters. The van der Waals surface area contributed by atoms with Crippen molar-refractivity contribution < 1.29 is 9.13 Å². The van der Waals surface area contributed by atoms with Crippen LogP contribution < -0.4 is 5.32 Å². The van der Waals surface area contributed by atoms with Crippen LogP contribution in [-0.4, -0.2) is 31.4 Å². The molecule has 0 radical (unpaired) electrons. The van der Waals surface area contributed by atoms with Crippen LogP contribution in [0.5, 0.6) is 0 Å². The lowest BCUT2D eigenvalue weighted by atomic mass is 10.2. The maximum atomic E-state index is 13.2. The van der Waals surface area contributed by atoms with Gasteiger partial charge in [-0.05, 0) is 49.0 Å². The van der Waals surface area contributed by atoms with E-state index in [2.05, 4.69) is 9.88 Å². The first-order chi connectivity index (χ1) is 9.31. The SMILES string of the molecule is COCCNCCCCn1ccc2ccc(F)cc21. The molecule has 3 nitrogen and oxygen atoms in total. The van der Waals surface area contributed by atoms with Crippen LogP contribution in [0.4, 0.5) is 4.39 Å². The fourth-order valence-electron chi connectivity index (χ4n) is 2.18. The predicted octanol–water partition coefficient (Wildman–Crippen LogP) is 2.80. The highest BCUT2D eigenvalue weighted by atomic mass is 19.1. The summed E-state index contributed by atoms with van der Waals surface area (Å²) in [7, 11) is 1.71. The smallest absolute Gasteiger partial charge is 0.125 e. The fourth-order valence-corrected chi connectivity index (χ4v) is 2.18. The van der Waals surface area contributed by atoms with Gasteiger partial charge in [0, 0.05) is 26.4 Å². The van der Waals surface area contributed by atoms with E-state index in [4.69, 9.17) is 4.74 Å². The van der Waals surface area contributed by atoms with Crippen LogP contribution in [0.25, 0.3) is 10.9 Å². The lowest BCUT2D eigenvalue weighted by Crippen LogP contribution is -2.20. The molecule has 2 aromatic rings. The maximum absolute atomic E-state index is 13.2. The molecular weight excluding hydrogens is 243 g/mol. The molecule has 0 saturated heterocycles. The van der Waals surface area contributed by atoms with Gasteiger partial charge >= 0.3 is 0 Å². The summed E-state index contributed by atoms with van der Waals surface area (Å²) < 4.78 is 20.3. The van der Waals surface area contributed by atoms with Crippen LogP contribution in [0.1, 0.15) is 12.8 Å². The topological polar surface area (TPSA) is 26.2 Å². The number of ether oxygens (including phenoxy) is 1. The Balaban J connectivity index is 1.77. The van der Waals surface area contributed by atoms with Crippen molar-refractivity contribution >= 4 is 10.9 Å². The van der Waals surface area contributed by atoms with Crippen molar-refractivity contribution in [2.24, 2.45) is 0 Å². The zero-order valence-electron chi connectivity index (χ0n) is 11.4. The van der Waals surface area contributed by atoms with Gasteiger partial charge in [-0.25, -0.2) is 4.39 Å². The van der Waals surface area contributed by atoms with Crippen LogP contribution in [0.2, 0.25) is 0 Å². The van der Waals surface area contributed by atoms with Gasteiger partial charge < -0.3 is 14.6 Å². The van der Waals surface area contributed by atoms with Crippen molar-refractivity contribution in [3.8, 4) is 0 Å². The van der Waals surface area contributed by atoms with Gasteiger partial charge in [-0.15, -0.1) is 0 Å². The van der Waals surface area contributed by atoms with Gasteiger partial charge in [-0.2, -0.15) is 0 Å². The number of methoxy groups -OCH3 is 1. The zero-order valence-corrected chi connectivity index (χ0v) is 11.4. The minimum Gasteiger partial charge on any atom is -0.383 e. The second-order valence-electron chi connectivity index (χ2n) is 4.66. The first-order valence-electron chi connectivity index (χ1n) is 6.75. The molecule has 4 heteroatoms. The van der Waals surface area contributed by atoms with E-state index in [0.717, 1.165) is 50.0 Å². The average molecular weight is 264 g/mol. The van der Waals surface area contributed by atoms with Gasteiger partial charge in [0.1, 0.15) is 5.82 Å². The standard InChI is InChI=1S/C15H21FN2O/c1-19-11-8-17-7-2-3-9-18-10-6-13-4-5-14(16)12-15(13)18/h4-6,10,12,17H,2-3,7-9,11H2,1H3. The number of unbranched alkanes of at least 4 members (excludes halogenated alkanes) is 1. The van der Waals surface area contributed by atoms with Gasteiger partial charge in [0.15, 0.2) is 0 Å². The molecule has 1 heterocycles. The molecule has 1 aromatic carbocycles. The molecule has 2 rings (SSSR count). The van der Waals surface area contributed by atoms with Gasteiger partial charge in [0.2, 0.25) is 0 Å². The molecule has 0 aliphatic carbocycles. The third-order valence-electron chi connectivity index (χ3n) is 3.22. The van der Waals surface area contributed by atoms with E-state index < -0.39 is 0 Å². The average Bonchev–Trinajstić information content (AvgIpc) is 2.80. The molecule has 104 valence electrons. The van der Waals surface area contributed by atoms with Gasteiger partial charge in [-0.3, -0.25) is 0 Å². The molecular formula is C15H21FN2O. The highest BCUT2D eigenvalue weighted by Gasteiger charge is 2.01. The lowest BCUT2D eigenvalue weighted by Gasteiger charge is -2.06. The Labute approximate surface area is 113 Å². The molecule has 0 spiro atoms. The minimum absolute atomic E-state index is 0.173. The van der Waals surface area contributed by atoms with Crippen LogP contribution in [0, 0.1) is 5.82 Å². The Hall–Kier alpha value is -1.39. The van der Waals surface area contributed by atoms with Gasteiger partial charge in [-0.1, -0.05) is 0 Å². The summed E-state index contributed by atoms with van der Waals surface area (Å²) in [5.41, 5.74) is 0.979. The van der Waals surface area contributed by atoms with Crippen molar-refractivity contribution in [3.05, 3.63) is 36.3 Å². The van der Waals surface area contributed by atoms with E-state index in [-0.39, 0.29) is 5.82 Å². The molecule has 0 aliphatic heterocycles. The van der Waals surface area contributed by atoms with Crippen molar-refractivity contribution in [1.29, 1.82) is 0 Å². The van der Waals surface area contributed by atoms with E-state index in [0.29, 0.717) is 0 Å². The molecule has 19 heavy (non-hydrogen) atoms. The number of benzene rings is 1. The normalized spacial score (nSPS) is 11.3. The summed E-state index contributed by atoms with van der Waals surface area (Å²) in [5, 5.41) is 4.42.